The summed E-state index contributed by atoms with van der Waals surface area (Å²) in [6.45, 7) is -0.538. The van der Waals surface area contributed by atoms with Crippen LogP contribution in [0.4, 0.5) is 0 Å². The summed E-state index contributed by atoms with van der Waals surface area (Å²) < 4.78 is 54.8. The second-order valence-corrected chi connectivity index (χ2v) is 9.93. The first-order chi connectivity index (χ1) is 18.8. The van der Waals surface area contributed by atoms with Gasteiger partial charge in [-0.15, -0.1) is 0 Å². The minimum Gasteiger partial charge on any atom is -0.493 e. The summed E-state index contributed by atoms with van der Waals surface area (Å²) in [4.78, 5) is 12.8. The molecule has 0 aromatic heterocycles. The molecule has 0 unspecified atom stereocenters. The molecule has 0 spiro atoms. The third kappa shape index (κ3) is 6.98. The van der Waals surface area contributed by atoms with Gasteiger partial charge in [0.1, 0.15) is 0 Å². The number of ether oxygens (including phenoxy) is 5. The van der Waals surface area contributed by atoms with Gasteiger partial charge in [0, 0.05) is 18.2 Å². The van der Waals surface area contributed by atoms with Crippen LogP contribution in [0, 0.1) is 0 Å². The Hall–Kier alpha value is -4.29. The second-order valence-electron chi connectivity index (χ2n) is 7.99. The molecule has 11 nitrogen and oxygen atoms in total. The van der Waals surface area contributed by atoms with Gasteiger partial charge in [-0.2, -0.15) is 9.41 Å². The van der Waals surface area contributed by atoms with Crippen molar-refractivity contribution in [2.24, 2.45) is 5.10 Å². The molecule has 39 heavy (non-hydrogen) atoms. The van der Waals surface area contributed by atoms with Gasteiger partial charge in [0.25, 0.3) is 5.91 Å². The Labute approximate surface area is 227 Å². The zero-order chi connectivity index (χ0) is 28.4. The Balaban J connectivity index is 1.85. The van der Waals surface area contributed by atoms with E-state index in [1.54, 1.807) is 36.4 Å². The topological polar surface area (TPSA) is 125 Å². The SMILES string of the molecule is COc1ccc(S(=O)(=O)N(CC(=O)N/N=C\c2ccc(OC)c(OC)c2OC)Cc2ccccc2)cc1OC. The Kier molecular flexibility index (Phi) is 10.1. The van der Waals surface area contributed by atoms with Crippen LogP contribution in [0.15, 0.2) is 70.7 Å². The summed E-state index contributed by atoms with van der Waals surface area (Å²) in [6, 6.07) is 16.5. The van der Waals surface area contributed by atoms with Crippen LogP contribution < -0.4 is 29.1 Å². The van der Waals surface area contributed by atoms with Gasteiger partial charge in [-0.1, -0.05) is 30.3 Å². The number of amides is 1. The number of hydrogen-bond acceptors (Lipinski definition) is 9. The van der Waals surface area contributed by atoms with Crippen molar-refractivity contribution in [2.75, 3.05) is 42.1 Å². The lowest BCUT2D eigenvalue weighted by atomic mass is 10.2. The molecule has 0 saturated heterocycles. The van der Waals surface area contributed by atoms with Crippen LogP contribution in [0.5, 0.6) is 28.7 Å². The van der Waals surface area contributed by atoms with Crippen LogP contribution in [0.2, 0.25) is 0 Å². The average Bonchev–Trinajstić information content (AvgIpc) is 2.96. The number of carbonyl (C=O) groups excluding carboxylic acids is 1. The number of methoxy groups -OCH3 is 5. The van der Waals surface area contributed by atoms with Gasteiger partial charge in [-0.25, -0.2) is 13.8 Å². The Morgan fingerprint density at radius 1 is 0.821 bits per heavy atom. The van der Waals surface area contributed by atoms with E-state index in [4.69, 9.17) is 23.7 Å². The fourth-order valence-electron chi connectivity index (χ4n) is 3.73. The van der Waals surface area contributed by atoms with E-state index in [0.717, 1.165) is 4.31 Å². The number of sulfonamides is 1. The monoisotopic (exact) mass is 557 g/mol. The number of hydrogen-bond donors (Lipinski definition) is 1. The van der Waals surface area contributed by atoms with Crippen LogP contribution >= 0.6 is 0 Å². The first-order valence-electron chi connectivity index (χ1n) is 11.7. The summed E-state index contributed by atoms with van der Waals surface area (Å²) in [7, 11) is 3.19. The minimum absolute atomic E-state index is 0.0435. The van der Waals surface area contributed by atoms with E-state index >= 15 is 0 Å². The molecule has 0 saturated carbocycles. The number of benzene rings is 3. The summed E-state index contributed by atoms with van der Waals surface area (Å²) >= 11 is 0. The molecule has 1 N–H and O–H groups in total. The van der Waals surface area contributed by atoms with Crippen molar-refractivity contribution in [2.45, 2.75) is 11.4 Å². The number of rotatable bonds is 13. The first kappa shape index (κ1) is 29.3. The van der Waals surface area contributed by atoms with E-state index in [0.29, 0.717) is 34.1 Å². The molecule has 0 aliphatic rings. The predicted octanol–water partition coefficient (Wildman–Crippen LogP) is 3.07. The summed E-state index contributed by atoms with van der Waals surface area (Å²) in [5.41, 5.74) is 3.59. The van der Waals surface area contributed by atoms with Crippen molar-refractivity contribution in [1.82, 2.24) is 9.73 Å². The minimum atomic E-state index is -4.12. The third-order valence-electron chi connectivity index (χ3n) is 5.64. The summed E-state index contributed by atoms with van der Waals surface area (Å²) in [5, 5.41) is 3.99. The van der Waals surface area contributed by atoms with Gasteiger partial charge in [-0.3, -0.25) is 4.79 Å². The lowest BCUT2D eigenvalue weighted by Crippen LogP contribution is -2.39. The molecule has 0 aliphatic carbocycles. The van der Waals surface area contributed by atoms with Gasteiger partial charge in [-0.05, 0) is 29.8 Å². The lowest BCUT2D eigenvalue weighted by molar-refractivity contribution is -0.121. The van der Waals surface area contributed by atoms with Crippen molar-refractivity contribution >= 4 is 22.1 Å². The van der Waals surface area contributed by atoms with Gasteiger partial charge in [0.2, 0.25) is 15.8 Å². The maximum absolute atomic E-state index is 13.6. The molecular weight excluding hydrogens is 526 g/mol. The molecule has 3 aromatic carbocycles. The molecule has 0 radical (unpaired) electrons. The highest BCUT2D eigenvalue weighted by Crippen LogP contribution is 2.39. The fourth-order valence-corrected chi connectivity index (χ4v) is 5.13. The first-order valence-corrected chi connectivity index (χ1v) is 13.1. The molecule has 0 aliphatic heterocycles. The standard InChI is InChI=1S/C27H31N3O8S/c1-34-22-14-12-21(15-24(22)36-3)39(32,33)30(17-19-9-7-6-8-10-19)18-25(31)29-28-16-20-11-13-23(35-2)27(38-5)26(20)37-4/h6-16H,17-18H2,1-5H3,(H,29,31)/b28-16-. The molecule has 1 amide bonds. The van der Waals surface area contributed by atoms with Crippen LogP contribution in [0.25, 0.3) is 0 Å². The van der Waals surface area contributed by atoms with E-state index in [2.05, 4.69) is 10.5 Å². The maximum atomic E-state index is 13.6. The molecule has 3 aromatic rings. The zero-order valence-electron chi connectivity index (χ0n) is 22.3. The highest BCUT2D eigenvalue weighted by atomic mass is 32.2. The average molecular weight is 558 g/mol. The smallest absolute Gasteiger partial charge is 0.255 e. The Morgan fingerprint density at radius 2 is 1.46 bits per heavy atom. The van der Waals surface area contributed by atoms with Gasteiger partial charge < -0.3 is 23.7 Å². The van der Waals surface area contributed by atoms with Crippen LogP contribution in [-0.4, -0.2) is 66.9 Å². The molecule has 3 rings (SSSR count). The number of carbonyl (C=O) groups is 1. The lowest BCUT2D eigenvalue weighted by Gasteiger charge is -2.22. The van der Waals surface area contributed by atoms with E-state index in [-0.39, 0.29) is 17.2 Å². The predicted molar refractivity (Wildman–Crippen MR) is 145 cm³/mol. The zero-order valence-corrected chi connectivity index (χ0v) is 23.2. The van der Waals surface area contributed by atoms with Gasteiger partial charge >= 0.3 is 0 Å². The van der Waals surface area contributed by atoms with E-state index in [1.165, 1.54) is 60.0 Å². The molecular formula is C27H31N3O8S. The van der Waals surface area contributed by atoms with Crippen LogP contribution in [0.1, 0.15) is 11.1 Å². The van der Waals surface area contributed by atoms with Crippen LogP contribution in [0.3, 0.4) is 0 Å². The molecule has 208 valence electrons. The van der Waals surface area contributed by atoms with E-state index in [1.807, 2.05) is 6.07 Å². The third-order valence-corrected chi connectivity index (χ3v) is 7.43. The van der Waals surface area contributed by atoms with Crippen molar-refractivity contribution < 1.29 is 36.9 Å². The fraction of sp³-hybridized carbons (Fsp3) is 0.259. The second kappa shape index (κ2) is 13.5. The molecule has 0 atom stereocenters. The summed E-state index contributed by atoms with van der Waals surface area (Å²) in [6.07, 6.45) is 1.36. The van der Waals surface area contributed by atoms with Gasteiger partial charge in [0.05, 0.1) is 53.2 Å². The number of hydrazone groups is 1. The normalized spacial score (nSPS) is 11.3. The maximum Gasteiger partial charge on any atom is 0.255 e. The number of nitrogens with one attached hydrogen (secondary N) is 1. The van der Waals surface area contributed by atoms with E-state index in [9.17, 15) is 13.2 Å². The highest BCUT2D eigenvalue weighted by Gasteiger charge is 2.28. The molecule has 0 heterocycles. The highest BCUT2D eigenvalue weighted by molar-refractivity contribution is 7.89. The quantitative estimate of drug-likeness (QED) is 0.251. The summed E-state index contributed by atoms with van der Waals surface area (Å²) in [5.74, 6) is 1.17. The Bertz CT molecular complexity index is 1410. The van der Waals surface area contributed by atoms with E-state index < -0.39 is 22.5 Å². The van der Waals surface area contributed by atoms with Crippen molar-refractivity contribution in [1.29, 1.82) is 0 Å². The molecule has 0 bridgehead atoms. The number of nitrogens with zero attached hydrogens (tertiary/aromatic N) is 2. The van der Waals surface area contributed by atoms with Crippen molar-refractivity contribution in [3.8, 4) is 28.7 Å². The van der Waals surface area contributed by atoms with Crippen molar-refractivity contribution in [3.05, 3.63) is 71.8 Å². The molecule has 12 heteroatoms. The van der Waals surface area contributed by atoms with Crippen molar-refractivity contribution in [3.63, 3.8) is 0 Å². The largest absolute Gasteiger partial charge is 0.493 e. The Morgan fingerprint density at radius 3 is 2.08 bits per heavy atom. The van der Waals surface area contributed by atoms with Crippen LogP contribution in [-0.2, 0) is 21.4 Å². The molecule has 0 fully saturated rings. The van der Waals surface area contributed by atoms with Gasteiger partial charge in [0.15, 0.2) is 23.0 Å².